The molecule has 3 aromatic carbocycles. The van der Waals surface area contributed by atoms with E-state index in [0.717, 1.165) is 5.92 Å². The summed E-state index contributed by atoms with van der Waals surface area (Å²) in [5.41, 5.74) is 5.71. The van der Waals surface area contributed by atoms with Gasteiger partial charge in [0.1, 0.15) is 0 Å². The molecule has 0 aliphatic heterocycles. The van der Waals surface area contributed by atoms with Gasteiger partial charge in [-0.05, 0) is 35.8 Å². The number of hydrogen-bond acceptors (Lipinski definition) is 0. The predicted octanol–water partition coefficient (Wildman–Crippen LogP) is 9.24. The molecular weight excluding hydrogens is 474 g/mol. The van der Waals surface area contributed by atoms with Crippen molar-refractivity contribution in [1.82, 2.24) is 0 Å². The average molecular weight is 506 g/mol. The second-order valence-electron chi connectivity index (χ2n) is 8.38. The minimum absolute atomic E-state index is 0.640. The van der Waals surface area contributed by atoms with Gasteiger partial charge in [0, 0.05) is 0 Å². The molecule has 4 rings (SSSR count). The summed E-state index contributed by atoms with van der Waals surface area (Å²) >= 11 is -0.826. The second-order valence-corrected chi connectivity index (χ2v) is 12.1. The summed E-state index contributed by atoms with van der Waals surface area (Å²) in [4.78, 5) is 0. The molecule has 154 valence electrons. The van der Waals surface area contributed by atoms with Crippen molar-refractivity contribution in [1.29, 1.82) is 0 Å². The first-order valence-electron chi connectivity index (χ1n) is 10.9. The van der Waals surface area contributed by atoms with Gasteiger partial charge in [-0.3, -0.25) is 0 Å². The molecule has 0 amide bonds. The summed E-state index contributed by atoms with van der Waals surface area (Å²) in [6, 6.07) is 20.9. The normalized spacial score (nSPS) is 15.6. The van der Waals surface area contributed by atoms with E-state index in [1.165, 1.54) is 78.0 Å². The van der Waals surface area contributed by atoms with Crippen LogP contribution in [0.2, 0.25) is 0 Å². The molecule has 1 unspecified atom stereocenters. The van der Waals surface area contributed by atoms with Crippen molar-refractivity contribution in [3.63, 3.8) is 0 Å². The number of hydrogen-bond donors (Lipinski definition) is 0. The number of halogens is 2. The van der Waals surface area contributed by atoms with Crippen LogP contribution in [0.15, 0.2) is 54.6 Å². The quantitative estimate of drug-likeness (QED) is 0.303. The Bertz CT molecular complexity index is 875. The van der Waals surface area contributed by atoms with Crippen LogP contribution in [0.5, 0.6) is 0 Å². The Labute approximate surface area is 195 Å². The van der Waals surface area contributed by atoms with Gasteiger partial charge in [-0.15, -0.1) is 34.5 Å². The molecular formula is C26H31Cl2Zr-. The standard InChI is InChI=1S/C26H31.2ClH.Zr/c1-3-19(2)22-12-14-23(15-13-22)25-11-7-10-24-17-21(18-26(24)25)16-20-8-5-4-6-9-20;;;/h7,10-15,17-20H,3-6,8-9,16H2,1-2H3;2*1H;/q-1;;;+2/p-2. The molecule has 29 heavy (non-hydrogen) atoms. The van der Waals surface area contributed by atoms with Crippen LogP contribution in [0, 0.1) is 5.92 Å². The van der Waals surface area contributed by atoms with Gasteiger partial charge in [0.15, 0.2) is 0 Å². The van der Waals surface area contributed by atoms with Crippen molar-refractivity contribution in [3.8, 4) is 11.1 Å². The number of rotatable bonds is 5. The van der Waals surface area contributed by atoms with E-state index in [4.69, 9.17) is 17.0 Å². The van der Waals surface area contributed by atoms with Crippen LogP contribution in [-0.4, -0.2) is 0 Å². The Kier molecular flexibility index (Phi) is 9.42. The zero-order chi connectivity index (χ0) is 20.6. The van der Waals surface area contributed by atoms with Crippen LogP contribution < -0.4 is 0 Å². The molecule has 1 saturated carbocycles. The Morgan fingerprint density at radius 3 is 2.38 bits per heavy atom. The molecule has 0 nitrogen and oxygen atoms in total. The van der Waals surface area contributed by atoms with Gasteiger partial charge < -0.3 is 0 Å². The van der Waals surface area contributed by atoms with Crippen LogP contribution in [-0.2, 0) is 27.3 Å². The van der Waals surface area contributed by atoms with Crippen molar-refractivity contribution in [2.24, 2.45) is 5.92 Å². The second kappa shape index (κ2) is 11.8. The molecule has 0 aromatic heterocycles. The molecule has 0 N–H and O–H groups in total. The summed E-state index contributed by atoms with van der Waals surface area (Å²) in [7, 11) is 9.87. The third-order valence-corrected chi connectivity index (χ3v) is 6.46. The van der Waals surface area contributed by atoms with Gasteiger partial charge in [0.05, 0.1) is 0 Å². The molecule has 1 aliphatic carbocycles. The first-order valence-corrected chi connectivity index (χ1v) is 17.2. The van der Waals surface area contributed by atoms with E-state index >= 15 is 0 Å². The van der Waals surface area contributed by atoms with Crippen LogP contribution in [0.4, 0.5) is 0 Å². The fourth-order valence-electron chi connectivity index (χ4n) is 4.62. The average Bonchev–Trinajstić information content (AvgIpc) is 3.17. The van der Waals surface area contributed by atoms with Gasteiger partial charge in [0.2, 0.25) is 0 Å². The third kappa shape index (κ3) is 6.25. The Morgan fingerprint density at radius 1 is 1.03 bits per heavy atom. The van der Waals surface area contributed by atoms with Crippen molar-refractivity contribution < 1.29 is 20.8 Å². The topological polar surface area (TPSA) is 0 Å². The Hall–Kier alpha value is -0.487. The van der Waals surface area contributed by atoms with Gasteiger partial charge in [-0.2, -0.15) is 6.07 Å². The van der Waals surface area contributed by atoms with Crippen LogP contribution in [0.25, 0.3) is 21.9 Å². The van der Waals surface area contributed by atoms with E-state index in [2.05, 4.69) is 68.4 Å². The predicted molar refractivity (Wildman–Crippen MR) is 126 cm³/mol. The molecule has 0 bridgehead atoms. The van der Waals surface area contributed by atoms with E-state index in [-0.39, 0.29) is 0 Å². The van der Waals surface area contributed by atoms with Crippen molar-refractivity contribution in [3.05, 3.63) is 65.7 Å². The van der Waals surface area contributed by atoms with Crippen LogP contribution in [0.1, 0.15) is 69.4 Å². The summed E-state index contributed by atoms with van der Waals surface area (Å²) in [6.45, 7) is 4.57. The molecule has 1 aliphatic rings. The van der Waals surface area contributed by atoms with E-state index in [9.17, 15) is 0 Å². The third-order valence-electron chi connectivity index (χ3n) is 6.46. The number of fused-ring (bicyclic) bond motifs is 1. The van der Waals surface area contributed by atoms with E-state index < -0.39 is 20.8 Å². The zero-order valence-electron chi connectivity index (χ0n) is 17.6. The maximum absolute atomic E-state index is 4.93. The van der Waals surface area contributed by atoms with Crippen molar-refractivity contribution in [2.45, 2.75) is 64.7 Å². The monoisotopic (exact) mass is 503 g/mol. The van der Waals surface area contributed by atoms with Crippen molar-refractivity contribution >= 4 is 27.8 Å². The summed E-state index contributed by atoms with van der Waals surface area (Å²) in [5, 5.41) is 2.83. The van der Waals surface area contributed by atoms with Crippen molar-refractivity contribution in [2.75, 3.05) is 0 Å². The Balaban J connectivity index is 0.000000755. The van der Waals surface area contributed by atoms with Gasteiger partial charge >= 0.3 is 37.9 Å². The van der Waals surface area contributed by atoms with Crippen LogP contribution in [0.3, 0.4) is 0 Å². The first-order chi connectivity index (χ1) is 14.2. The fourth-order valence-corrected chi connectivity index (χ4v) is 4.62. The molecule has 0 spiro atoms. The van der Waals surface area contributed by atoms with E-state index in [0.29, 0.717) is 5.92 Å². The molecule has 3 heteroatoms. The minimum atomic E-state index is -0.826. The maximum atomic E-state index is 4.93. The fraction of sp³-hybridized carbons (Fsp3) is 0.423. The van der Waals surface area contributed by atoms with Gasteiger partial charge in [-0.25, -0.2) is 0 Å². The van der Waals surface area contributed by atoms with Crippen LogP contribution >= 0.6 is 17.0 Å². The molecule has 0 saturated heterocycles. The zero-order valence-corrected chi connectivity index (χ0v) is 21.5. The molecule has 0 heterocycles. The SMILES string of the molecule is CCC(C)c1ccc(-c2cccc3[cH-]c(CC4CCCCC4)cc23)cc1.[Cl][Zr][Cl]. The summed E-state index contributed by atoms with van der Waals surface area (Å²) < 4.78 is 0. The van der Waals surface area contributed by atoms with Gasteiger partial charge in [0.25, 0.3) is 0 Å². The molecule has 1 fully saturated rings. The first kappa shape index (κ1) is 23.2. The van der Waals surface area contributed by atoms with E-state index in [1.807, 2.05) is 0 Å². The van der Waals surface area contributed by atoms with E-state index in [1.54, 1.807) is 0 Å². The molecule has 3 aromatic rings. The summed E-state index contributed by atoms with van der Waals surface area (Å²) in [6.07, 6.45) is 9.61. The summed E-state index contributed by atoms with van der Waals surface area (Å²) in [5.74, 6) is 1.54. The Morgan fingerprint density at radius 2 is 1.72 bits per heavy atom. The number of benzene rings is 2. The molecule has 0 radical (unpaired) electrons. The molecule has 1 atom stereocenters. The van der Waals surface area contributed by atoms with Gasteiger partial charge in [-0.1, -0.05) is 81.8 Å².